The molecule has 1 aliphatic heterocycles. The second-order valence-electron chi connectivity index (χ2n) is 5.84. The quantitative estimate of drug-likeness (QED) is 0.772. The molecule has 0 bridgehead atoms. The fraction of sp³-hybridized carbons (Fsp3) is 0.833. The minimum atomic E-state index is -0.863. The summed E-state index contributed by atoms with van der Waals surface area (Å²) in [5, 5.41) is 8.79. The Hall–Kier alpha value is -1.30. The van der Waals surface area contributed by atoms with Crippen molar-refractivity contribution in [2.45, 2.75) is 45.3 Å². The summed E-state index contributed by atoms with van der Waals surface area (Å²) in [6, 6.07) is -0.185. The maximum Gasteiger partial charge on any atom is 0.410 e. The fourth-order valence-electron chi connectivity index (χ4n) is 2.12. The van der Waals surface area contributed by atoms with E-state index in [2.05, 4.69) is 0 Å². The number of amides is 1. The number of rotatable bonds is 2. The molecule has 0 aromatic carbocycles. The first-order valence-electron chi connectivity index (χ1n) is 6.12. The summed E-state index contributed by atoms with van der Waals surface area (Å²) in [5.41, 5.74) is 5.30. The minimum Gasteiger partial charge on any atom is -0.481 e. The molecule has 1 rings (SSSR count). The van der Waals surface area contributed by atoms with E-state index >= 15 is 0 Å². The van der Waals surface area contributed by atoms with Gasteiger partial charge in [-0.3, -0.25) is 4.79 Å². The van der Waals surface area contributed by atoms with Gasteiger partial charge >= 0.3 is 12.1 Å². The summed E-state index contributed by atoms with van der Waals surface area (Å²) in [6.07, 6.45) is 0.242. The van der Waals surface area contributed by atoms with E-state index in [0.717, 1.165) is 0 Å². The van der Waals surface area contributed by atoms with Gasteiger partial charge in [-0.25, -0.2) is 4.79 Å². The summed E-state index contributed by atoms with van der Waals surface area (Å²) < 4.78 is 5.26. The van der Waals surface area contributed by atoms with E-state index in [1.165, 1.54) is 4.90 Å². The SMILES string of the molecule is CC(C)(C)OC(=O)N1CC(N)CC(CC(=O)O)C1. The predicted octanol–water partition coefficient (Wildman–Crippen LogP) is 1.05. The molecule has 18 heavy (non-hydrogen) atoms. The fourth-order valence-corrected chi connectivity index (χ4v) is 2.12. The smallest absolute Gasteiger partial charge is 0.410 e. The Kier molecular flexibility index (Phi) is 4.56. The molecular weight excluding hydrogens is 236 g/mol. The number of piperidine rings is 1. The molecule has 2 unspecified atom stereocenters. The molecule has 3 N–H and O–H groups in total. The number of nitrogens with zero attached hydrogens (tertiary/aromatic N) is 1. The van der Waals surface area contributed by atoms with Crippen LogP contribution >= 0.6 is 0 Å². The summed E-state index contributed by atoms with van der Waals surface area (Å²) in [4.78, 5) is 24.1. The van der Waals surface area contributed by atoms with Crippen molar-refractivity contribution in [1.82, 2.24) is 4.90 Å². The number of carboxylic acid groups (broad SMARTS) is 1. The molecule has 0 aliphatic carbocycles. The summed E-state index contributed by atoms with van der Waals surface area (Å²) in [7, 11) is 0. The third-order valence-electron chi connectivity index (χ3n) is 2.68. The highest BCUT2D eigenvalue weighted by atomic mass is 16.6. The topological polar surface area (TPSA) is 92.9 Å². The van der Waals surface area contributed by atoms with E-state index < -0.39 is 17.7 Å². The van der Waals surface area contributed by atoms with Gasteiger partial charge in [-0.15, -0.1) is 0 Å². The Morgan fingerprint density at radius 2 is 2.00 bits per heavy atom. The first-order valence-corrected chi connectivity index (χ1v) is 6.12. The second-order valence-corrected chi connectivity index (χ2v) is 5.84. The number of ether oxygens (including phenoxy) is 1. The largest absolute Gasteiger partial charge is 0.481 e. The zero-order chi connectivity index (χ0) is 13.9. The van der Waals surface area contributed by atoms with E-state index in [4.69, 9.17) is 15.6 Å². The molecule has 6 nitrogen and oxygen atoms in total. The summed E-state index contributed by atoms with van der Waals surface area (Å²) in [5.74, 6) is -0.961. The van der Waals surface area contributed by atoms with Crippen LogP contribution in [0.15, 0.2) is 0 Å². The molecule has 0 aromatic rings. The van der Waals surface area contributed by atoms with Crippen LogP contribution in [0, 0.1) is 5.92 Å². The highest BCUT2D eigenvalue weighted by Gasteiger charge is 2.31. The van der Waals surface area contributed by atoms with Crippen molar-refractivity contribution in [2.24, 2.45) is 11.7 Å². The van der Waals surface area contributed by atoms with Gasteiger partial charge in [0.05, 0.1) is 0 Å². The predicted molar refractivity (Wildman–Crippen MR) is 66.1 cm³/mol. The van der Waals surface area contributed by atoms with Crippen LogP contribution in [0.2, 0.25) is 0 Å². The molecule has 1 saturated heterocycles. The Labute approximate surface area is 107 Å². The Morgan fingerprint density at radius 3 is 2.50 bits per heavy atom. The second kappa shape index (κ2) is 5.56. The molecule has 0 radical (unpaired) electrons. The van der Waals surface area contributed by atoms with Crippen molar-refractivity contribution in [3.05, 3.63) is 0 Å². The van der Waals surface area contributed by atoms with E-state index in [-0.39, 0.29) is 18.4 Å². The van der Waals surface area contributed by atoms with Crippen LogP contribution in [0.1, 0.15) is 33.6 Å². The van der Waals surface area contributed by atoms with Crippen molar-refractivity contribution in [1.29, 1.82) is 0 Å². The average Bonchev–Trinajstić information content (AvgIpc) is 2.12. The van der Waals surface area contributed by atoms with Gasteiger partial charge in [0, 0.05) is 25.6 Å². The molecule has 0 aromatic heterocycles. The van der Waals surface area contributed by atoms with Crippen LogP contribution in [-0.2, 0) is 9.53 Å². The summed E-state index contributed by atoms with van der Waals surface area (Å²) in [6.45, 7) is 6.20. The maximum atomic E-state index is 11.9. The van der Waals surface area contributed by atoms with Crippen LogP contribution < -0.4 is 5.73 Å². The first-order chi connectivity index (χ1) is 8.17. The van der Waals surface area contributed by atoms with Gasteiger partial charge in [0.2, 0.25) is 0 Å². The molecule has 2 atom stereocenters. The van der Waals surface area contributed by atoms with Crippen LogP contribution in [0.25, 0.3) is 0 Å². The molecule has 1 amide bonds. The zero-order valence-electron chi connectivity index (χ0n) is 11.2. The zero-order valence-corrected chi connectivity index (χ0v) is 11.2. The molecule has 0 saturated carbocycles. The van der Waals surface area contributed by atoms with Crippen LogP contribution in [0.4, 0.5) is 4.79 Å². The number of hydrogen-bond acceptors (Lipinski definition) is 4. The maximum absolute atomic E-state index is 11.9. The molecule has 1 aliphatic rings. The normalized spacial score (nSPS) is 24.8. The number of nitrogens with two attached hydrogens (primary N) is 1. The van der Waals surface area contributed by atoms with Crippen LogP contribution in [0.3, 0.4) is 0 Å². The molecule has 6 heteroatoms. The van der Waals surface area contributed by atoms with Gasteiger partial charge in [-0.05, 0) is 33.1 Å². The highest BCUT2D eigenvalue weighted by molar-refractivity contribution is 5.69. The molecule has 1 heterocycles. The average molecular weight is 258 g/mol. The van der Waals surface area contributed by atoms with Gasteiger partial charge in [0.1, 0.15) is 5.60 Å². The van der Waals surface area contributed by atoms with Gasteiger partial charge in [0.15, 0.2) is 0 Å². The van der Waals surface area contributed by atoms with Crippen molar-refractivity contribution in [3.63, 3.8) is 0 Å². The van der Waals surface area contributed by atoms with Crippen molar-refractivity contribution in [2.75, 3.05) is 13.1 Å². The Morgan fingerprint density at radius 1 is 1.39 bits per heavy atom. The molecule has 1 fully saturated rings. The van der Waals surface area contributed by atoms with Gasteiger partial charge in [-0.2, -0.15) is 0 Å². The molecular formula is C12H22N2O4. The van der Waals surface area contributed by atoms with E-state index in [1.807, 2.05) is 0 Å². The van der Waals surface area contributed by atoms with Gasteiger partial charge < -0.3 is 20.5 Å². The van der Waals surface area contributed by atoms with Crippen molar-refractivity contribution >= 4 is 12.1 Å². The third-order valence-corrected chi connectivity index (χ3v) is 2.68. The lowest BCUT2D eigenvalue weighted by Gasteiger charge is -2.36. The van der Waals surface area contributed by atoms with E-state index in [0.29, 0.717) is 19.5 Å². The number of carboxylic acids is 1. The van der Waals surface area contributed by atoms with Gasteiger partial charge in [0.25, 0.3) is 0 Å². The Bertz CT molecular complexity index is 325. The third kappa shape index (κ3) is 4.91. The summed E-state index contributed by atoms with van der Waals surface area (Å²) >= 11 is 0. The standard InChI is InChI=1S/C12H22N2O4/c1-12(2,3)18-11(17)14-6-8(5-10(15)16)4-9(13)7-14/h8-9H,4-7,13H2,1-3H3,(H,15,16). The van der Waals surface area contributed by atoms with Crippen molar-refractivity contribution < 1.29 is 19.4 Å². The number of likely N-dealkylation sites (tertiary alicyclic amines) is 1. The minimum absolute atomic E-state index is 0.0347. The Balaban J connectivity index is 2.60. The number of aliphatic carboxylic acids is 1. The molecule has 0 spiro atoms. The number of hydrogen-bond donors (Lipinski definition) is 2. The van der Waals surface area contributed by atoms with Crippen LogP contribution in [0.5, 0.6) is 0 Å². The number of carbonyl (C=O) groups is 2. The monoisotopic (exact) mass is 258 g/mol. The lowest BCUT2D eigenvalue weighted by atomic mass is 9.92. The lowest BCUT2D eigenvalue weighted by Crippen LogP contribution is -2.51. The molecule has 104 valence electrons. The number of carbonyl (C=O) groups excluding carboxylic acids is 1. The van der Waals surface area contributed by atoms with Crippen molar-refractivity contribution in [3.8, 4) is 0 Å². The van der Waals surface area contributed by atoms with Crippen LogP contribution in [-0.4, -0.2) is 46.8 Å². The highest BCUT2D eigenvalue weighted by Crippen LogP contribution is 2.21. The lowest BCUT2D eigenvalue weighted by molar-refractivity contribution is -0.138. The van der Waals surface area contributed by atoms with E-state index in [1.54, 1.807) is 20.8 Å². The first kappa shape index (κ1) is 14.8. The van der Waals surface area contributed by atoms with Gasteiger partial charge in [-0.1, -0.05) is 0 Å². The van der Waals surface area contributed by atoms with E-state index in [9.17, 15) is 9.59 Å².